The molecule has 6 nitrogen and oxygen atoms in total. The van der Waals surface area contributed by atoms with E-state index in [4.69, 9.17) is 9.84 Å². The normalized spacial score (nSPS) is 12.2. The Morgan fingerprint density at radius 1 is 1.33 bits per heavy atom. The number of hydrogen-bond donors (Lipinski definition) is 3. The third-order valence-corrected chi connectivity index (χ3v) is 2.16. The quantitative estimate of drug-likeness (QED) is 0.544. The smallest absolute Gasteiger partial charge is 0.326 e. The van der Waals surface area contributed by atoms with E-state index in [1.54, 1.807) is 0 Å². The largest absolute Gasteiger partial charge is 0.480 e. The van der Waals surface area contributed by atoms with E-state index in [0.29, 0.717) is 38.5 Å². The third kappa shape index (κ3) is 8.81. The van der Waals surface area contributed by atoms with Crippen LogP contribution in [0.25, 0.3) is 0 Å². The number of rotatable bonds is 9. The maximum Gasteiger partial charge on any atom is 0.326 e. The van der Waals surface area contributed by atoms with Crippen LogP contribution in [0.2, 0.25) is 0 Å². The highest BCUT2D eigenvalue weighted by Gasteiger charge is 2.18. The summed E-state index contributed by atoms with van der Waals surface area (Å²) in [6, 6.07) is -1.30. The van der Waals surface area contributed by atoms with E-state index < -0.39 is 18.0 Å². The van der Waals surface area contributed by atoms with Gasteiger partial charge in [0.15, 0.2) is 0 Å². The van der Waals surface area contributed by atoms with E-state index in [2.05, 4.69) is 10.6 Å². The van der Waals surface area contributed by atoms with Gasteiger partial charge in [0, 0.05) is 13.2 Å². The SMILES string of the molecule is CCCC(NC(=O)NCCOCC(C)C)C(=O)O. The number of carbonyl (C=O) groups is 2. The van der Waals surface area contributed by atoms with E-state index in [1.165, 1.54) is 0 Å². The van der Waals surface area contributed by atoms with Crippen LogP contribution in [-0.4, -0.2) is 42.9 Å². The summed E-state index contributed by atoms with van der Waals surface area (Å²) in [6.07, 6.45) is 1.13. The fourth-order valence-corrected chi connectivity index (χ4v) is 1.31. The second-order valence-electron chi connectivity index (χ2n) is 4.55. The van der Waals surface area contributed by atoms with E-state index in [9.17, 15) is 9.59 Å². The number of hydrogen-bond acceptors (Lipinski definition) is 3. The molecule has 0 aromatic carbocycles. The molecule has 0 aliphatic heterocycles. The molecule has 18 heavy (non-hydrogen) atoms. The minimum Gasteiger partial charge on any atom is -0.480 e. The number of carbonyl (C=O) groups excluding carboxylic acids is 1. The number of carboxylic acids is 1. The molecule has 0 fully saturated rings. The minimum atomic E-state index is -1.01. The fraction of sp³-hybridized carbons (Fsp3) is 0.833. The van der Waals surface area contributed by atoms with Gasteiger partial charge < -0.3 is 20.5 Å². The van der Waals surface area contributed by atoms with Crippen LogP contribution < -0.4 is 10.6 Å². The molecule has 0 saturated carbocycles. The predicted molar refractivity (Wildman–Crippen MR) is 68.5 cm³/mol. The highest BCUT2D eigenvalue weighted by atomic mass is 16.5. The van der Waals surface area contributed by atoms with Crippen molar-refractivity contribution in [1.29, 1.82) is 0 Å². The summed E-state index contributed by atoms with van der Waals surface area (Å²) in [4.78, 5) is 22.2. The van der Waals surface area contributed by atoms with Crippen molar-refractivity contribution in [1.82, 2.24) is 10.6 Å². The first-order chi connectivity index (χ1) is 8.47. The molecule has 0 saturated heterocycles. The highest BCUT2D eigenvalue weighted by molar-refractivity contribution is 5.82. The first-order valence-electron chi connectivity index (χ1n) is 6.32. The summed E-state index contributed by atoms with van der Waals surface area (Å²) in [7, 11) is 0. The molecule has 0 spiro atoms. The standard InChI is InChI=1S/C12H24N2O4/c1-4-5-10(11(15)16)14-12(17)13-6-7-18-8-9(2)3/h9-10H,4-8H2,1-3H3,(H,15,16)(H2,13,14,17). The van der Waals surface area contributed by atoms with Crippen LogP contribution in [0.4, 0.5) is 4.79 Å². The molecule has 0 rings (SSSR count). The highest BCUT2D eigenvalue weighted by Crippen LogP contribution is 1.96. The first-order valence-corrected chi connectivity index (χ1v) is 6.32. The van der Waals surface area contributed by atoms with Crippen molar-refractivity contribution in [3.05, 3.63) is 0 Å². The van der Waals surface area contributed by atoms with Gasteiger partial charge in [-0.2, -0.15) is 0 Å². The zero-order chi connectivity index (χ0) is 14.0. The van der Waals surface area contributed by atoms with Gasteiger partial charge in [-0.25, -0.2) is 9.59 Å². The molecule has 3 N–H and O–H groups in total. The molecular weight excluding hydrogens is 236 g/mol. The van der Waals surface area contributed by atoms with Gasteiger partial charge in [-0.3, -0.25) is 0 Å². The van der Waals surface area contributed by atoms with Crippen molar-refractivity contribution in [2.75, 3.05) is 19.8 Å². The summed E-state index contributed by atoms with van der Waals surface area (Å²) >= 11 is 0. The van der Waals surface area contributed by atoms with Crippen molar-refractivity contribution in [3.8, 4) is 0 Å². The van der Waals surface area contributed by atoms with Gasteiger partial charge in [-0.1, -0.05) is 27.2 Å². The van der Waals surface area contributed by atoms with Crippen molar-refractivity contribution in [2.24, 2.45) is 5.92 Å². The number of ether oxygens (including phenoxy) is 1. The molecule has 6 heteroatoms. The molecule has 0 heterocycles. The summed E-state index contributed by atoms with van der Waals surface area (Å²) in [6.45, 7) is 7.41. The summed E-state index contributed by atoms with van der Waals surface area (Å²) in [5, 5.41) is 13.8. The molecule has 2 amide bonds. The van der Waals surface area contributed by atoms with Crippen LogP contribution in [0, 0.1) is 5.92 Å². The van der Waals surface area contributed by atoms with Crippen molar-refractivity contribution >= 4 is 12.0 Å². The summed E-state index contributed by atoms with van der Waals surface area (Å²) in [5.41, 5.74) is 0. The van der Waals surface area contributed by atoms with Crippen LogP contribution in [0.1, 0.15) is 33.6 Å². The van der Waals surface area contributed by atoms with Gasteiger partial charge >= 0.3 is 12.0 Å². The maximum absolute atomic E-state index is 11.4. The fourth-order valence-electron chi connectivity index (χ4n) is 1.31. The van der Waals surface area contributed by atoms with Gasteiger partial charge in [-0.05, 0) is 12.3 Å². The minimum absolute atomic E-state index is 0.372. The zero-order valence-electron chi connectivity index (χ0n) is 11.4. The molecule has 1 atom stereocenters. The van der Waals surface area contributed by atoms with Crippen LogP contribution in [0.3, 0.4) is 0 Å². The number of urea groups is 1. The van der Waals surface area contributed by atoms with Crippen LogP contribution >= 0.6 is 0 Å². The molecule has 0 aromatic heterocycles. The Morgan fingerprint density at radius 3 is 2.50 bits per heavy atom. The lowest BCUT2D eigenvalue weighted by Crippen LogP contribution is -2.46. The predicted octanol–water partition coefficient (Wildman–Crippen LogP) is 1.21. The van der Waals surface area contributed by atoms with E-state index in [-0.39, 0.29) is 0 Å². The van der Waals surface area contributed by atoms with Crippen LogP contribution in [-0.2, 0) is 9.53 Å². The molecule has 0 aliphatic rings. The molecule has 1 unspecified atom stereocenters. The average molecular weight is 260 g/mol. The Hall–Kier alpha value is -1.30. The lowest BCUT2D eigenvalue weighted by atomic mass is 10.2. The lowest BCUT2D eigenvalue weighted by Gasteiger charge is -2.14. The number of nitrogens with one attached hydrogen (secondary N) is 2. The van der Waals surface area contributed by atoms with Crippen LogP contribution in [0.5, 0.6) is 0 Å². The Balaban J connectivity index is 3.71. The molecule has 0 aromatic rings. The molecule has 0 aliphatic carbocycles. The molecular formula is C12H24N2O4. The molecule has 0 radical (unpaired) electrons. The second-order valence-corrected chi connectivity index (χ2v) is 4.55. The second kappa shape index (κ2) is 9.70. The van der Waals surface area contributed by atoms with Crippen molar-refractivity contribution in [3.63, 3.8) is 0 Å². The third-order valence-electron chi connectivity index (χ3n) is 2.16. The maximum atomic E-state index is 11.4. The van der Waals surface area contributed by atoms with Gasteiger partial charge in [0.25, 0.3) is 0 Å². The van der Waals surface area contributed by atoms with E-state index in [1.807, 2.05) is 20.8 Å². The van der Waals surface area contributed by atoms with Gasteiger partial charge in [0.2, 0.25) is 0 Å². The van der Waals surface area contributed by atoms with E-state index in [0.717, 1.165) is 0 Å². The summed E-state index contributed by atoms with van der Waals surface area (Å²) in [5.74, 6) is -0.553. The van der Waals surface area contributed by atoms with Gasteiger partial charge in [-0.15, -0.1) is 0 Å². The lowest BCUT2D eigenvalue weighted by molar-refractivity contribution is -0.139. The summed E-state index contributed by atoms with van der Waals surface area (Å²) < 4.78 is 5.29. The monoisotopic (exact) mass is 260 g/mol. The average Bonchev–Trinajstić information content (AvgIpc) is 2.27. The Morgan fingerprint density at radius 2 is 2.00 bits per heavy atom. The topological polar surface area (TPSA) is 87.7 Å². The van der Waals surface area contributed by atoms with E-state index >= 15 is 0 Å². The first kappa shape index (κ1) is 16.7. The Labute approximate surface area is 108 Å². The number of amides is 2. The van der Waals surface area contributed by atoms with Gasteiger partial charge in [0.05, 0.1) is 6.61 Å². The van der Waals surface area contributed by atoms with Crippen molar-refractivity contribution < 1.29 is 19.4 Å². The molecule has 106 valence electrons. The van der Waals surface area contributed by atoms with Crippen molar-refractivity contribution in [2.45, 2.75) is 39.7 Å². The molecule has 0 bridgehead atoms. The zero-order valence-corrected chi connectivity index (χ0v) is 11.4. The number of carboxylic acid groups (broad SMARTS) is 1. The Kier molecular flexibility index (Phi) is 9.00. The van der Waals surface area contributed by atoms with Crippen LogP contribution in [0.15, 0.2) is 0 Å². The Bertz CT molecular complexity index is 256. The number of aliphatic carboxylic acids is 1. The van der Waals surface area contributed by atoms with Gasteiger partial charge in [0.1, 0.15) is 6.04 Å².